The molecule has 98 valence electrons. The van der Waals surface area contributed by atoms with Crippen molar-refractivity contribution in [3.05, 3.63) is 28.3 Å². The molecule has 0 saturated heterocycles. The second kappa shape index (κ2) is 5.05. The third kappa shape index (κ3) is 2.30. The van der Waals surface area contributed by atoms with Crippen molar-refractivity contribution >= 4 is 27.5 Å². The Morgan fingerprint density at radius 3 is 2.94 bits per heavy atom. The lowest BCUT2D eigenvalue weighted by Gasteiger charge is -2.19. The predicted molar refractivity (Wildman–Crippen MR) is 79.0 cm³/mol. The molecule has 3 atom stereocenters. The average molecular weight is 330 g/mol. The molecule has 0 spiro atoms. The van der Waals surface area contributed by atoms with E-state index in [2.05, 4.69) is 35.0 Å². The number of benzene rings is 1. The van der Waals surface area contributed by atoms with Crippen molar-refractivity contribution in [1.82, 2.24) is 0 Å². The number of ether oxygens (including phenoxy) is 1. The second-order valence-electron chi connectivity index (χ2n) is 5.57. The molecule has 1 aromatic carbocycles. The van der Waals surface area contributed by atoms with Crippen molar-refractivity contribution < 1.29 is 4.74 Å². The van der Waals surface area contributed by atoms with Gasteiger partial charge in [-0.1, -0.05) is 34.5 Å². The molecule has 3 heteroatoms. The van der Waals surface area contributed by atoms with Crippen molar-refractivity contribution in [3.8, 4) is 5.75 Å². The first-order valence-electron chi connectivity index (χ1n) is 6.73. The standard InChI is InChI=1S/C15H18BrClO/c1-9-10(2-3-14(9)16)6-12-8-13(17)7-11-4-5-18-15(11)12/h7-10,14H,2-6H2,1H3. The summed E-state index contributed by atoms with van der Waals surface area (Å²) in [4.78, 5) is 0.677. The SMILES string of the molecule is CC1C(Br)CCC1Cc1cc(Cl)cc2c1OCC2. The Kier molecular flexibility index (Phi) is 3.59. The maximum Gasteiger partial charge on any atom is 0.125 e. The van der Waals surface area contributed by atoms with Crippen molar-refractivity contribution in [3.63, 3.8) is 0 Å². The van der Waals surface area contributed by atoms with Crippen LogP contribution < -0.4 is 4.74 Å². The van der Waals surface area contributed by atoms with E-state index in [1.165, 1.54) is 24.0 Å². The molecule has 0 amide bonds. The lowest BCUT2D eigenvalue weighted by molar-refractivity contribution is 0.347. The largest absolute Gasteiger partial charge is 0.493 e. The van der Waals surface area contributed by atoms with Gasteiger partial charge in [0.05, 0.1) is 6.61 Å². The van der Waals surface area contributed by atoms with Crippen LogP contribution in [0.2, 0.25) is 5.02 Å². The van der Waals surface area contributed by atoms with Gasteiger partial charge < -0.3 is 4.74 Å². The van der Waals surface area contributed by atoms with E-state index in [1.54, 1.807) is 0 Å². The minimum atomic E-state index is 0.677. The fourth-order valence-electron chi connectivity index (χ4n) is 3.26. The monoisotopic (exact) mass is 328 g/mol. The van der Waals surface area contributed by atoms with E-state index in [1.807, 2.05) is 0 Å². The van der Waals surface area contributed by atoms with Gasteiger partial charge in [-0.05, 0) is 54.4 Å². The van der Waals surface area contributed by atoms with Crippen LogP contribution in [0.5, 0.6) is 5.75 Å². The van der Waals surface area contributed by atoms with Gasteiger partial charge in [-0.25, -0.2) is 0 Å². The van der Waals surface area contributed by atoms with Crippen LogP contribution in [0, 0.1) is 11.8 Å². The molecule has 0 aromatic heterocycles. The number of rotatable bonds is 2. The van der Waals surface area contributed by atoms with Crippen LogP contribution in [0.4, 0.5) is 0 Å². The third-order valence-electron chi connectivity index (χ3n) is 4.43. The summed E-state index contributed by atoms with van der Waals surface area (Å²) in [7, 11) is 0. The first-order valence-corrected chi connectivity index (χ1v) is 8.02. The molecule has 1 aliphatic carbocycles. The number of hydrogen-bond donors (Lipinski definition) is 0. The Morgan fingerprint density at radius 2 is 2.22 bits per heavy atom. The summed E-state index contributed by atoms with van der Waals surface area (Å²) >= 11 is 9.99. The lowest BCUT2D eigenvalue weighted by Crippen LogP contribution is -2.13. The van der Waals surface area contributed by atoms with E-state index in [0.717, 1.165) is 42.1 Å². The maximum atomic E-state index is 6.21. The molecule has 1 nitrogen and oxygen atoms in total. The molecule has 3 rings (SSSR count). The molecular weight excluding hydrogens is 312 g/mol. The van der Waals surface area contributed by atoms with E-state index in [0.29, 0.717) is 4.83 Å². The van der Waals surface area contributed by atoms with E-state index in [4.69, 9.17) is 16.3 Å². The maximum absolute atomic E-state index is 6.21. The lowest BCUT2D eigenvalue weighted by atomic mass is 9.90. The Labute approximate surface area is 122 Å². The highest BCUT2D eigenvalue weighted by atomic mass is 79.9. The summed E-state index contributed by atoms with van der Waals surface area (Å²) in [5.41, 5.74) is 2.60. The minimum absolute atomic E-state index is 0.677. The first-order chi connectivity index (χ1) is 8.65. The van der Waals surface area contributed by atoms with Crippen LogP contribution in [-0.4, -0.2) is 11.4 Å². The van der Waals surface area contributed by atoms with E-state index in [9.17, 15) is 0 Å². The van der Waals surface area contributed by atoms with Gasteiger partial charge in [0.2, 0.25) is 0 Å². The van der Waals surface area contributed by atoms with Gasteiger partial charge >= 0.3 is 0 Å². The Morgan fingerprint density at radius 1 is 1.39 bits per heavy atom. The van der Waals surface area contributed by atoms with Crippen LogP contribution in [0.3, 0.4) is 0 Å². The molecule has 1 fully saturated rings. The zero-order valence-corrected chi connectivity index (χ0v) is 12.9. The van der Waals surface area contributed by atoms with E-state index in [-0.39, 0.29) is 0 Å². The molecular formula is C15H18BrClO. The molecule has 0 radical (unpaired) electrons. The summed E-state index contributed by atoms with van der Waals surface area (Å²) in [6.45, 7) is 3.16. The van der Waals surface area contributed by atoms with E-state index < -0.39 is 0 Å². The van der Waals surface area contributed by atoms with Crippen molar-refractivity contribution in [2.24, 2.45) is 11.8 Å². The average Bonchev–Trinajstić information content (AvgIpc) is 2.90. The van der Waals surface area contributed by atoms with Crippen molar-refractivity contribution in [2.75, 3.05) is 6.61 Å². The number of alkyl halides is 1. The van der Waals surface area contributed by atoms with Gasteiger partial charge in [0.1, 0.15) is 5.75 Å². The summed E-state index contributed by atoms with van der Waals surface area (Å²) in [5, 5.41) is 0.857. The number of fused-ring (bicyclic) bond motifs is 1. The summed E-state index contributed by atoms with van der Waals surface area (Å²) in [6, 6.07) is 4.15. The molecule has 2 aliphatic rings. The smallest absolute Gasteiger partial charge is 0.125 e. The highest BCUT2D eigenvalue weighted by Crippen LogP contribution is 2.41. The summed E-state index contributed by atoms with van der Waals surface area (Å²) < 4.78 is 5.79. The highest BCUT2D eigenvalue weighted by molar-refractivity contribution is 9.09. The van der Waals surface area contributed by atoms with Crippen LogP contribution in [0.15, 0.2) is 12.1 Å². The van der Waals surface area contributed by atoms with Crippen LogP contribution in [0.25, 0.3) is 0 Å². The molecule has 0 bridgehead atoms. The third-order valence-corrected chi connectivity index (χ3v) is 5.94. The molecule has 3 unspecified atom stereocenters. The summed E-state index contributed by atoms with van der Waals surface area (Å²) in [6.07, 6.45) is 4.70. The Hall–Kier alpha value is -0.210. The van der Waals surface area contributed by atoms with Crippen LogP contribution in [-0.2, 0) is 12.8 Å². The van der Waals surface area contributed by atoms with Gasteiger partial charge in [0.25, 0.3) is 0 Å². The highest BCUT2D eigenvalue weighted by Gasteiger charge is 2.32. The Balaban J connectivity index is 1.85. The number of hydrogen-bond acceptors (Lipinski definition) is 1. The van der Waals surface area contributed by atoms with Crippen molar-refractivity contribution in [1.29, 1.82) is 0 Å². The Bertz CT molecular complexity index is 460. The molecule has 1 heterocycles. The normalized spacial score (nSPS) is 30.3. The molecule has 18 heavy (non-hydrogen) atoms. The molecule has 0 N–H and O–H groups in total. The topological polar surface area (TPSA) is 9.23 Å². The van der Waals surface area contributed by atoms with E-state index >= 15 is 0 Å². The second-order valence-corrected chi connectivity index (χ2v) is 7.18. The van der Waals surface area contributed by atoms with Gasteiger partial charge in [0, 0.05) is 16.3 Å². The minimum Gasteiger partial charge on any atom is -0.493 e. The van der Waals surface area contributed by atoms with Gasteiger partial charge in [-0.15, -0.1) is 0 Å². The molecule has 1 aliphatic heterocycles. The fraction of sp³-hybridized carbons (Fsp3) is 0.600. The van der Waals surface area contributed by atoms with Gasteiger partial charge in [0.15, 0.2) is 0 Å². The number of halogens is 2. The van der Waals surface area contributed by atoms with Gasteiger partial charge in [-0.2, -0.15) is 0 Å². The quantitative estimate of drug-likeness (QED) is 0.719. The fourth-order valence-corrected chi connectivity index (χ4v) is 4.22. The molecule has 1 saturated carbocycles. The first kappa shape index (κ1) is 12.8. The van der Waals surface area contributed by atoms with Crippen LogP contribution >= 0.6 is 27.5 Å². The van der Waals surface area contributed by atoms with Crippen LogP contribution in [0.1, 0.15) is 30.9 Å². The predicted octanol–water partition coefficient (Wildman–Crippen LogP) is 4.63. The van der Waals surface area contributed by atoms with Gasteiger partial charge in [-0.3, -0.25) is 0 Å². The zero-order chi connectivity index (χ0) is 12.7. The zero-order valence-electron chi connectivity index (χ0n) is 10.6. The molecule has 1 aromatic rings. The van der Waals surface area contributed by atoms with Crippen molar-refractivity contribution in [2.45, 2.75) is 37.4 Å². The summed E-state index contributed by atoms with van der Waals surface area (Å²) in [5.74, 6) is 2.60.